The molecule has 0 saturated carbocycles. The molecule has 1 atom stereocenters. The Morgan fingerprint density at radius 2 is 1.96 bits per heavy atom. The lowest BCUT2D eigenvalue weighted by Gasteiger charge is -2.14. The third-order valence-corrected chi connectivity index (χ3v) is 5.69. The fourth-order valence-electron chi connectivity index (χ4n) is 2.27. The minimum Gasteiger partial charge on any atom is -0.406 e. The van der Waals surface area contributed by atoms with E-state index >= 15 is 0 Å². The van der Waals surface area contributed by atoms with Crippen molar-refractivity contribution in [2.24, 2.45) is 7.05 Å². The summed E-state index contributed by atoms with van der Waals surface area (Å²) in [7, 11) is 1.58. The highest BCUT2D eigenvalue weighted by Crippen LogP contribution is 2.26. The van der Waals surface area contributed by atoms with Crippen LogP contribution in [0.25, 0.3) is 10.2 Å². The molecule has 0 aliphatic heterocycles. The van der Waals surface area contributed by atoms with Crippen LogP contribution in [-0.2, 0) is 11.8 Å². The largest absolute Gasteiger partial charge is 0.573 e. The molecule has 0 aliphatic rings. The van der Waals surface area contributed by atoms with Crippen LogP contribution in [0.15, 0.2) is 45.7 Å². The number of hydrogen-bond donors (Lipinski definition) is 1. The van der Waals surface area contributed by atoms with Crippen molar-refractivity contribution in [3.8, 4) is 5.75 Å². The molecule has 2 heterocycles. The number of carbonyl (C=O) groups excluding carboxylic acids is 1. The normalized spacial score (nSPS) is 12.8. The summed E-state index contributed by atoms with van der Waals surface area (Å²) < 4.78 is 42.3. The van der Waals surface area contributed by atoms with Crippen molar-refractivity contribution >= 4 is 44.9 Å². The van der Waals surface area contributed by atoms with Crippen LogP contribution in [0.1, 0.15) is 6.92 Å². The highest BCUT2D eigenvalue weighted by molar-refractivity contribution is 8.00. The number of nitrogens with zero attached hydrogens (tertiary/aromatic N) is 2. The molecular formula is C17H14F3N3O3S2. The Bertz CT molecular complexity index is 1060. The molecule has 1 amide bonds. The van der Waals surface area contributed by atoms with Crippen LogP contribution in [-0.4, -0.2) is 27.1 Å². The summed E-state index contributed by atoms with van der Waals surface area (Å²) in [6.45, 7) is 1.64. The standard InChI is InChI=1S/C17H14F3N3O3S2/c1-9(28-16-22-12-7-8-27-13(12)15(25)23(16)2)14(24)21-10-3-5-11(6-4-10)26-17(18,19)20/h3-9H,1-2H3,(H,21,24). The highest BCUT2D eigenvalue weighted by Gasteiger charge is 2.31. The van der Waals surface area contributed by atoms with E-state index < -0.39 is 11.6 Å². The summed E-state index contributed by atoms with van der Waals surface area (Å²) in [6, 6.07) is 6.57. The lowest BCUT2D eigenvalue weighted by molar-refractivity contribution is -0.274. The van der Waals surface area contributed by atoms with Gasteiger partial charge < -0.3 is 10.1 Å². The van der Waals surface area contributed by atoms with Crippen molar-refractivity contribution in [1.29, 1.82) is 0 Å². The molecule has 0 saturated heterocycles. The van der Waals surface area contributed by atoms with E-state index in [2.05, 4.69) is 15.0 Å². The van der Waals surface area contributed by atoms with Gasteiger partial charge in [0.2, 0.25) is 5.91 Å². The number of carbonyl (C=O) groups is 1. The van der Waals surface area contributed by atoms with Crippen molar-refractivity contribution in [1.82, 2.24) is 9.55 Å². The first-order valence-electron chi connectivity index (χ1n) is 7.91. The number of amides is 1. The molecule has 0 spiro atoms. The van der Waals surface area contributed by atoms with Crippen LogP contribution in [0.4, 0.5) is 18.9 Å². The maximum absolute atomic E-state index is 12.4. The number of ether oxygens (including phenoxy) is 1. The van der Waals surface area contributed by atoms with E-state index in [9.17, 15) is 22.8 Å². The Morgan fingerprint density at radius 3 is 2.61 bits per heavy atom. The maximum atomic E-state index is 12.4. The molecule has 0 bridgehead atoms. The topological polar surface area (TPSA) is 73.2 Å². The molecule has 11 heteroatoms. The summed E-state index contributed by atoms with van der Waals surface area (Å²) in [5.74, 6) is -0.759. The maximum Gasteiger partial charge on any atom is 0.573 e. The van der Waals surface area contributed by atoms with E-state index in [-0.39, 0.29) is 17.2 Å². The Labute approximate surface area is 165 Å². The van der Waals surface area contributed by atoms with Gasteiger partial charge in [-0.25, -0.2) is 4.98 Å². The molecule has 1 unspecified atom stereocenters. The van der Waals surface area contributed by atoms with Crippen molar-refractivity contribution < 1.29 is 22.7 Å². The predicted octanol–water partition coefficient (Wildman–Crippen LogP) is 4.01. The monoisotopic (exact) mass is 429 g/mol. The van der Waals surface area contributed by atoms with Gasteiger partial charge in [0, 0.05) is 12.7 Å². The second-order valence-electron chi connectivity index (χ2n) is 5.72. The number of anilines is 1. The van der Waals surface area contributed by atoms with Gasteiger partial charge >= 0.3 is 6.36 Å². The van der Waals surface area contributed by atoms with Crippen LogP contribution >= 0.6 is 23.1 Å². The summed E-state index contributed by atoms with van der Waals surface area (Å²) in [5.41, 5.74) is 0.709. The van der Waals surface area contributed by atoms with E-state index in [4.69, 9.17) is 0 Å². The summed E-state index contributed by atoms with van der Waals surface area (Å²) in [6.07, 6.45) is -4.78. The Kier molecular flexibility index (Phi) is 5.66. The lowest BCUT2D eigenvalue weighted by atomic mass is 10.3. The molecule has 6 nitrogen and oxygen atoms in total. The number of fused-ring (bicyclic) bond motifs is 1. The quantitative estimate of drug-likeness (QED) is 0.490. The molecule has 1 N–H and O–H groups in total. The molecule has 1 aromatic carbocycles. The molecule has 3 rings (SSSR count). The molecule has 0 fully saturated rings. The minimum atomic E-state index is -4.78. The molecular weight excluding hydrogens is 415 g/mol. The molecule has 3 aromatic rings. The van der Waals surface area contributed by atoms with Crippen LogP contribution in [0.5, 0.6) is 5.75 Å². The number of thioether (sulfide) groups is 1. The summed E-state index contributed by atoms with van der Waals surface area (Å²) in [4.78, 5) is 29.1. The van der Waals surface area contributed by atoms with E-state index in [1.165, 1.54) is 28.0 Å². The van der Waals surface area contributed by atoms with Gasteiger partial charge in [-0.15, -0.1) is 24.5 Å². The van der Waals surface area contributed by atoms with Gasteiger partial charge in [-0.05, 0) is 42.6 Å². The highest BCUT2D eigenvalue weighted by atomic mass is 32.2. The van der Waals surface area contributed by atoms with Gasteiger partial charge in [-0.2, -0.15) is 0 Å². The third-order valence-electron chi connectivity index (χ3n) is 3.65. The fraction of sp³-hybridized carbons (Fsp3) is 0.235. The lowest BCUT2D eigenvalue weighted by Crippen LogP contribution is -2.25. The number of nitrogens with one attached hydrogen (secondary N) is 1. The number of hydrogen-bond acceptors (Lipinski definition) is 6. The minimum absolute atomic E-state index is 0.185. The van der Waals surface area contributed by atoms with Crippen LogP contribution in [0, 0.1) is 0 Å². The molecule has 148 valence electrons. The van der Waals surface area contributed by atoms with Crippen LogP contribution in [0.3, 0.4) is 0 Å². The number of rotatable bonds is 5. The number of alkyl halides is 3. The molecule has 0 aliphatic carbocycles. The second-order valence-corrected chi connectivity index (χ2v) is 7.94. The number of thiophene rings is 1. The Balaban J connectivity index is 1.68. The van der Waals surface area contributed by atoms with Crippen LogP contribution in [0.2, 0.25) is 0 Å². The predicted molar refractivity (Wildman–Crippen MR) is 102 cm³/mol. The van der Waals surface area contributed by atoms with E-state index in [1.54, 1.807) is 25.4 Å². The van der Waals surface area contributed by atoms with Gasteiger partial charge in [0.15, 0.2) is 5.16 Å². The number of aromatic nitrogens is 2. The zero-order valence-corrected chi connectivity index (χ0v) is 16.2. The van der Waals surface area contributed by atoms with E-state index in [0.717, 1.165) is 23.9 Å². The molecule has 2 aromatic heterocycles. The van der Waals surface area contributed by atoms with Gasteiger partial charge in [-0.1, -0.05) is 11.8 Å². The first kappa shape index (κ1) is 20.2. The van der Waals surface area contributed by atoms with Gasteiger partial charge in [0.05, 0.1) is 10.8 Å². The van der Waals surface area contributed by atoms with Crippen molar-refractivity contribution in [2.75, 3.05) is 5.32 Å². The first-order valence-corrected chi connectivity index (χ1v) is 9.67. The average Bonchev–Trinajstić information content (AvgIpc) is 3.08. The smallest absolute Gasteiger partial charge is 0.406 e. The van der Waals surface area contributed by atoms with Gasteiger partial charge in [-0.3, -0.25) is 14.2 Å². The average molecular weight is 429 g/mol. The zero-order chi connectivity index (χ0) is 20.5. The van der Waals surface area contributed by atoms with E-state index in [0.29, 0.717) is 21.1 Å². The first-order chi connectivity index (χ1) is 13.1. The van der Waals surface area contributed by atoms with Crippen LogP contribution < -0.4 is 15.6 Å². The molecule has 28 heavy (non-hydrogen) atoms. The second kappa shape index (κ2) is 7.84. The van der Waals surface area contributed by atoms with Gasteiger partial charge in [0.1, 0.15) is 10.4 Å². The molecule has 0 radical (unpaired) electrons. The van der Waals surface area contributed by atoms with Crippen molar-refractivity contribution in [3.05, 3.63) is 46.1 Å². The SMILES string of the molecule is CC(Sc1nc2ccsc2c(=O)n1C)C(=O)Nc1ccc(OC(F)(F)F)cc1. The van der Waals surface area contributed by atoms with Crippen molar-refractivity contribution in [2.45, 2.75) is 23.7 Å². The summed E-state index contributed by atoms with van der Waals surface area (Å²) >= 11 is 2.42. The van der Waals surface area contributed by atoms with Gasteiger partial charge in [0.25, 0.3) is 5.56 Å². The Hall–Kier alpha value is -2.53. The third kappa shape index (κ3) is 4.65. The van der Waals surface area contributed by atoms with Crippen molar-refractivity contribution in [3.63, 3.8) is 0 Å². The Morgan fingerprint density at radius 1 is 1.29 bits per heavy atom. The van der Waals surface area contributed by atoms with E-state index in [1.807, 2.05) is 0 Å². The fourth-order valence-corrected chi connectivity index (χ4v) is 3.95. The summed E-state index contributed by atoms with van der Waals surface area (Å²) in [5, 5.41) is 4.18. The zero-order valence-electron chi connectivity index (χ0n) is 14.6. The number of halogens is 3. The number of benzene rings is 1.